The SMILES string of the molecule is CCOC(=O)c1cc2c(ccc3cnn(CC(C)N)c32)o1. The molecular formula is C15H17N3O3. The number of esters is 1. The fourth-order valence-electron chi connectivity index (χ4n) is 2.41. The van der Waals surface area contributed by atoms with Gasteiger partial charge in [-0.05, 0) is 26.0 Å². The number of nitrogens with two attached hydrogens (primary N) is 1. The van der Waals surface area contributed by atoms with Crippen molar-refractivity contribution in [2.45, 2.75) is 26.4 Å². The smallest absolute Gasteiger partial charge is 0.374 e. The Labute approximate surface area is 121 Å². The van der Waals surface area contributed by atoms with Gasteiger partial charge in [-0.25, -0.2) is 4.79 Å². The Morgan fingerprint density at radius 1 is 1.52 bits per heavy atom. The van der Waals surface area contributed by atoms with E-state index in [4.69, 9.17) is 14.9 Å². The van der Waals surface area contributed by atoms with Crippen molar-refractivity contribution in [1.29, 1.82) is 0 Å². The van der Waals surface area contributed by atoms with E-state index in [1.807, 2.05) is 23.7 Å². The zero-order valence-electron chi connectivity index (χ0n) is 12.0. The molecule has 110 valence electrons. The number of hydrogen-bond acceptors (Lipinski definition) is 5. The summed E-state index contributed by atoms with van der Waals surface area (Å²) < 4.78 is 12.4. The molecule has 0 radical (unpaired) electrons. The van der Waals surface area contributed by atoms with Crippen LogP contribution in [0.4, 0.5) is 0 Å². The largest absolute Gasteiger partial charge is 0.460 e. The molecule has 1 atom stereocenters. The van der Waals surface area contributed by atoms with Gasteiger partial charge in [-0.2, -0.15) is 5.10 Å². The number of carbonyl (C=O) groups is 1. The third-order valence-electron chi connectivity index (χ3n) is 3.24. The topological polar surface area (TPSA) is 83.3 Å². The predicted molar refractivity (Wildman–Crippen MR) is 79.1 cm³/mol. The number of fused-ring (bicyclic) bond motifs is 3. The Morgan fingerprint density at radius 3 is 3.05 bits per heavy atom. The summed E-state index contributed by atoms with van der Waals surface area (Å²) in [6.07, 6.45) is 1.79. The number of furan rings is 1. The highest BCUT2D eigenvalue weighted by molar-refractivity contribution is 6.06. The summed E-state index contributed by atoms with van der Waals surface area (Å²) in [6.45, 7) is 4.60. The van der Waals surface area contributed by atoms with Crippen LogP contribution < -0.4 is 5.73 Å². The molecule has 1 aromatic carbocycles. The second kappa shape index (κ2) is 5.21. The van der Waals surface area contributed by atoms with E-state index in [2.05, 4.69) is 5.10 Å². The molecule has 3 rings (SSSR count). The molecule has 6 nitrogen and oxygen atoms in total. The van der Waals surface area contributed by atoms with Crippen LogP contribution in [0.5, 0.6) is 0 Å². The van der Waals surface area contributed by atoms with Crippen LogP contribution in [-0.2, 0) is 11.3 Å². The van der Waals surface area contributed by atoms with Crippen LogP contribution in [0.2, 0.25) is 0 Å². The highest BCUT2D eigenvalue weighted by Crippen LogP contribution is 2.28. The molecule has 0 bridgehead atoms. The summed E-state index contributed by atoms with van der Waals surface area (Å²) in [7, 11) is 0. The zero-order chi connectivity index (χ0) is 15.0. The second-order valence-corrected chi connectivity index (χ2v) is 5.05. The van der Waals surface area contributed by atoms with Gasteiger partial charge in [-0.15, -0.1) is 0 Å². The van der Waals surface area contributed by atoms with Crippen LogP contribution in [0.15, 0.2) is 28.8 Å². The fourth-order valence-corrected chi connectivity index (χ4v) is 2.41. The van der Waals surface area contributed by atoms with E-state index in [1.54, 1.807) is 19.2 Å². The number of nitrogens with zero attached hydrogens (tertiary/aromatic N) is 2. The lowest BCUT2D eigenvalue weighted by Crippen LogP contribution is -2.22. The van der Waals surface area contributed by atoms with Gasteiger partial charge in [0.05, 0.1) is 24.9 Å². The van der Waals surface area contributed by atoms with E-state index >= 15 is 0 Å². The Kier molecular flexibility index (Phi) is 3.39. The van der Waals surface area contributed by atoms with Gasteiger partial charge in [-0.1, -0.05) is 0 Å². The molecule has 0 fully saturated rings. The number of hydrogen-bond donors (Lipinski definition) is 1. The van der Waals surface area contributed by atoms with Crippen LogP contribution in [0.3, 0.4) is 0 Å². The quantitative estimate of drug-likeness (QED) is 0.744. The summed E-state index contributed by atoms with van der Waals surface area (Å²) in [4.78, 5) is 11.8. The molecule has 0 spiro atoms. The second-order valence-electron chi connectivity index (χ2n) is 5.05. The highest BCUT2D eigenvalue weighted by atomic mass is 16.5. The molecule has 0 aliphatic rings. The highest BCUT2D eigenvalue weighted by Gasteiger charge is 2.17. The van der Waals surface area contributed by atoms with E-state index < -0.39 is 5.97 Å². The van der Waals surface area contributed by atoms with Gasteiger partial charge >= 0.3 is 5.97 Å². The van der Waals surface area contributed by atoms with Gasteiger partial charge in [0.2, 0.25) is 5.76 Å². The van der Waals surface area contributed by atoms with Crippen molar-refractivity contribution < 1.29 is 13.9 Å². The summed E-state index contributed by atoms with van der Waals surface area (Å²) in [5, 5.41) is 6.18. The van der Waals surface area contributed by atoms with Crippen molar-refractivity contribution >= 4 is 27.8 Å². The molecule has 0 aliphatic carbocycles. The molecule has 2 N–H and O–H groups in total. The average Bonchev–Trinajstić information content (AvgIpc) is 3.01. The molecule has 2 heterocycles. The van der Waals surface area contributed by atoms with Crippen molar-refractivity contribution in [3.05, 3.63) is 30.2 Å². The van der Waals surface area contributed by atoms with E-state index in [1.165, 1.54) is 0 Å². The molecule has 6 heteroatoms. The summed E-state index contributed by atoms with van der Waals surface area (Å²) >= 11 is 0. The van der Waals surface area contributed by atoms with Crippen LogP contribution in [-0.4, -0.2) is 28.4 Å². The van der Waals surface area contributed by atoms with Crippen molar-refractivity contribution in [3.8, 4) is 0 Å². The van der Waals surface area contributed by atoms with Crippen molar-refractivity contribution in [3.63, 3.8) is 0 Å². The third kappa shape index (κ3) is 2.38. The lowest BCUT2D eigenvalue weighted by atomic mass is 10.2. The number of ether oxygens (including phenoxy) is 1. The first-order valence-corrected chi connectivity index (χ1v) is 6.91. The van der Waals surface area contributed by atoms with Crippen LogP contribution in [0.25, 0.3) is 21.9 Å². The molecule has 2 aromatic heterocycles. The minimum atomic E-state index is -0.458. The number of rotatable bonds is 4. The first-order valence-electron chi connectivity index (χ1n) is 6.91. The first kappa shape index (κ1) is 13.6. The Bertz CT molecular complexity index is 801. The Morgan fingerprint density at radius 2 is 2.33 bits per heavy atom. The van der Waals surface area contributed by atoms with Crippen molar-refractivity contribution in [2.75, 3.05) is 6.61 Å². The normalized spacial score (nSPS) is 12.9. The molecule has 0 amide bonds. The third-order valence-corrected chi connectivity index (χ3v) is 3.24. The Hall–Kier alpha value is -2.34. The minimum absolute atomic E-state index is 0.0141. The summed E-state index contributed by atoms with van der Waals surface area (Å²) in [6, 6.07) is 5.44. The maximum absolute atomic E-state index is 11.8. The molecule has 0 aliphatic heterocycles. The monoisotopic (exact) mass is 287 g/mol. The number of aromatic nitrogens is 2. The fraction of sp³-hybridized carbons (Fsp3) is 0.333. The predicted octanol–water partition coefficient (Wildman–Crippen LogP) is 2.31. The number of benzene rings is 1. The summed E-state index contributed by atoms with van der Waals surface area (Å²) in [5.74, 6) is -0.256. The first-order chi connectivity index (χ1) is 10.1. The molecule has 21 heavy (non-hydrogen) atoms. The van der Waals surface area contributed by atoms with Crippen LogP contribution in [0.1, 0.15) is 24.4 Å². The van der Waals surface area contributed by atoms with Crippen molar-refractivity contribution in [2.24, 2.45) is 5.73 Å². The molecule has 3 aromatic rings. The maximum atomic E-state index is 11.8. The van der Waals surface area contributed by atoms with Gasteiger partial charge in [0, 0.05) is 22.9 Å². The molecule has 0 saturated carbocycles. The van der Waals surface area contributed by atoms with E-state index in [0.717, 1.165) is 16.3 Å². The van der Waals surface area contributed by atoms with E-state index in [9.17, 15) is 4.79 Å². The van der Waals surface area contributed by atoms with Gasteiger partial charge in [0.1, 0.15) is 5.58 Å². The van der Waals surface area contributed by atoms with Gasteiger partial charge in [0.25, 0.3) is 0 Å². The van der Waals surface area contributed by atoms with Crippen LogP contribution >= 0.6 is 0 Å². The molecular weight excluding hydrogens is 270 g/mol. The average molecular weight is 287 g/mol. The van der Waals surface area contributed by atoms with Crippen LogP contribution in [0, 0.1) is 0 Å². The standard InChI is InChI=1S/C15H17N3O3/c1-3-20-15(19)13-6-11-12(21-13)5-4-10-7-17-18(14(10)11)8-9(2)16/h4-7,9H,3,8,16H2,1-2H3. The molecule has 0 saturated heterocycles. The summed E-state index contributed by atoms with van der Waals surface area (Å²) in [5.41, 5.74) is 7.41. The lowest BCUT2D eigenvalue weighted by Gasteiger charge is -2.06. The Balaban J connectivity index is 2.17. The molecule has 1 unspecified atom stereocenters. The van der Waals surface area contributed by atoms with Gasteiger partial charge in [-0.3, -0.25) is 4.68 Å². The number of carbonyl (C=O) groups excluding carboxylic acids is 1. The van der Waals surface area contributed by atoms with E-state index in [-0.39, 0.29) is 11.8 Å². The van der Waals surface area contributed by atoms with Crippen molar-refractivity contribution in [1.82, 2.24) is 9.78 Å². The lowest BCUT2D eigenvalue weighted by molar-refractivity contribution is 0.0492. The van der Waals surface area contributed by atoms with Gasteiger partial charge < -0.3 is 14.9 Å². The van der Waals surface area contributed by atoms with E-state index in [0.29, 0.717) is 18.7 Å². The minimum Gasteiger partial charge on any atom is -0.460 e. The maximum Gasteiger partial charge on any atom is 0.374 e. The van der Waals surface area contributed by atoms with Gasteiger partial charge in [0.15, 0.2) is 0 Å². The zero-order valence-corrected chi connectivity index (χ0v) is 12.0.